The number of pyridine rings is 1. The van der Waals surface area contributed by atoms with Gasteiger partial charge in [0.1, 0.15) is 5.56 Å². The van der Waals surface area contributed by atoms with Gasteiger partial charge in [0, 0.05) is 30.3 Å². The number of nitrogens with two attached hydrogens (primary N) is 2. The Morgan fingerprint density at radius 3 is 2.62 bits per heavy atom. The molecule has 2 aromatic heterocycles. The van der Waals surface area contributed by atoms with Gasteiger partial charge < -0.3 is 16.8 Å². The van der Waals surface area contributed by atoms with Crippen LogP contribution in [0.4, 0.5) is 17.3 Å². The molecule has 2 aromatic carbocycles. The van der Waals surface area contributed by atoms with Gasteiger partial charge in [0.05, 0.1) is 11.4 Å². The van der Waals surface area contributed by atoms with Gasteiger partial charge in [0.25, 0.3) is 11.5 Å². The van der Waals surface area contributed by atoms with Crippen LogP contribution in [0.2, 0.25) is 0 Å². The number of fused-ring (bicyclic) bond motifs is 1. The number of nitrogens with one attached hydrogen (secondary N) is 1. The van der Waals surface area contributed by atoms with E-state index in [-0.39, 0.29) is 16.9 Å². The van der Waals surface area contributed by atoms with E-state index in [2.05, 4.69) is 22.0 Å². The maximum atomic E-state index is 13.6. The maximum absolute atomic E-state index is 13.6. The van der Waals surface area contributed by atoms with Crippen LogP contribution in [0, 0.1) is 0 Å². The van der Waals surface area contributed by atoms with Crippen molar-refractivity contribution in [3.63, 3.8) is 0 Å². The fourth-order valence-corrected chi connectivity index (χ4v) is 3.94. The number of aryl methyl sites for hydroxylation is 1. The van der Waals surface area contributed by atoms with Gasteiger partial charge in [-0.25, -0.2) is 9.67 Å². The van der Waals surface area contributed by atoms with Gasteiger partial charge in [-0.05, 0) is 36.6 Å². The Bertz CT molecular complexity index is 1480. The molecule has 0 saturated heterocycles. The van der Waals surface area contributed by atoms with E-state index in [4.69, 9.17) is 11.5 Å². The van der Waals surface area contributed by atoms with Crippen molar-refractivity contribution in [2.45, 2.75) is 13.0 Å². The molecule has 1 amide bonds. The number of benzene rings is 2. The first-order valence-electron chi connectivity index (χ1n) is 10.6. The van der Waals surface area contributed by atoms with E-state index in [1.807, 2.05) is 42.5 Å². The lowest BCUT2D eigenvalue weighted by Gasteiger charge is -2.21. The summed E-state index contributed by atoms with van der Waals surface area (Å²) in [5.41, 5.74) is 13.7. The van der Waals surface area contributed by atoms with Crippen molar-refractivity contribution in [2.24, 2.45) is 12.0 Å². The predicted octanol–water partition coefficient (Wildman–Crippen LogP) is 3.27. The average molecular weight is 456 g/mol. The molecule has 172 valence electrons. The number of hydrogen-bond acceptors (Lipinski definition) is 6. The fourth-order valence-electron chi connectivity index (χ4n) is 3.94. The lowest BCUT2D eigenvalue weighted by atomic mass is 10.1. The second kappa shape index (κ2) is 9.07. The summed E-state index contributed by atoms with van der Waals surface area (Å²) < 4.78 is 2.99. The highest BCUT2D eigenvalue weighted by Gasteiger charge is 2.24. The Balaban J connectivity index is 1.83. The quantitative estimate of drug-likeness (QED) is 0.303. The monoisotopic (exact) mass is 455 g/mol. The number of nitrogens with zero attached hydrogens (tertiary/aromatic N) is 4. The third-order valence-corrected chi connectivity index (χ3v) is 5.49. The standard InChI is InChI=1S/C25H25N7O2/c1-4-13-28-23-21(22(27)30-31(23)3)24(33)29-15(2)19-14-16-9-8-12-18(26)20(16)25(34)32(19)17-10-6-5-7-11-17/h4-15H,1,26H2,2-3H3,(H2,27,30)(H,29,33)/b28-13-. The van der Waals surface area contributed by atoms with E-state index in [0.29, 0.717) is 33.7 Å². The van der Waals surface area contributed by atoms with Gasteiger partial charge in [-0.15, -0.1) is 0 Å². The van der Waals surface area contributed by atoms with Crippen LogP contribution in [0.25, 0.3) is 16.5 Å². The zero-order chi connectivity index (χ0) is 24.4. The number of aliphatic imine (C=N–C) groups is 1. The normalized spacial score (nSPS) is 12.2. The zero-order valence-corrected chi connectivity index (χ0v) is 18.9. The third kappa shape index (κ3) is 3.95. The minimum Gasteiger partial charge on any atom is -0.398 e. The summed E-state index contributed by atoms with van der Waals surface area (Å²) in [6, 6.07) is 15.8. The Labute approximate surface area is 196 Å². The molecule has 4 aromatic rings. The number of allylic oxidation sites excluding steroid dienone is 1. The van der Waals surface area contributed by atoms with E-state index in [1.54, 1.807) is 30.7 Å². The molecular weight excluding hydrogens is 430 g/mol. The van der Waals surface area contributed by atoms with Gasteiger partial charge in [-0.3, -0.25) is 14.2 Å². The van der Waals surface area contributed by atoms with Crippen LogP contribution in [0.1, 0.15) is 29.0 Å². The van der Waals surface area contributed by atoms with Crippen molar-refractivity contribution < 1.29 is 4.79 Å². The molecule has 0 bridgehead atoms. The number of aromatic nitrogens is 3. The molecule has 0 fully saturated rings. The van der Waals surface area contributed by atoms with Crippen LogP contribution in [0.5, 0.6) is 0 Å². The Hall–Kier alpha value is -4.66. The average Bonchev–Trinajstić information content (AvgIpc) is 3.10. The smallest absolute Gasteiger partial charge is 0.265 e. The molecule has 0 aliphatic carbocycles. The van der Waals surface area contributed by atoms with Crippen molar-refractivity contribution in [2.75, 3.05) is 11.5 Å². The first-order chi connectivity index (χ1) is 16.3. The van der Waals surface area contributed by atoms with Crippen LogP contribution in [0.15, 0.2) is 77.0 Å². The van der Waals surface area contributed by atoms with Crippen LogP contribution in [-0.2, 0) is 7.05 Å². The summed E-state index contributed by atoms with van der Waals surface area (Å²) in [6.07, 6.45) is 2.95. The molecule has 1 atom stereocenters. The van der Waals surface area contributed by atoms with E-state index >= 15 is 0 Å². The molecule has 4 rings (SSSR count). The Kier molecular flexibility index (Phi) is 6.01. The van der Waals surface area contributed by atoms with Crippen molar-refractivity contribution in [3.8, 4) is 5.69 Å². The number of amides is 1. The van der Waals surface area contributed by atoms with Crippen molar-refractivity contribution in [1.82, 2.24) is 19.7 Å². The number of anilines is 2. The summed E-state index contributed by atoms with van der Waals surface area (Å²) in [7, 11) is 1.65. The minimum absolute atomic E-state index is 0.0511. The van der Waals surface area contributed by atoms with Gasteiger partial charge in [0.2, 0.25) is 0 Å². The molecule has 0 spiro atoms. The molecule has 5 N–H and O–H groups in total. The first-order valence-corrected chi connectivity index (χ1v) is 10.6. The maximum Gasteiger partial charge on any atom is 0.265 e. The summed E-state index contributed by atoms with van der Waals surface area (Å²) >= 11 is 0. The predicted molar refractivity (Wildman–Crippen MR) is 136 cm³/mol. The van der Waals surface area contributed by atoms with E-state index in [9.17, 15) is 9.59 Å². The molecule has 2 heterocycles. The summed E-state index contributed by atoms with van der Waals surface area (Å²) in [6.45, 7) is 5.40. The first kappa shape index (κ1) is 22.5. The number of carbonyl (C=O) groups excluding carboxylic acids is 1. The van der Waals surface area contributed by atoms with E-state index < -0.39 is 11.9 Å². The van der Waals surface area contributed by atoms with Crippen LogP contribution >= 0.6 is 0 Å². The second-order valence-corrected chi connectivity index (χ2v) is 7.77. The molecule has 34 heavy (non-hydrogen) atoms. The molecule has 9 nitrogen and oxygen atoms in total. The highest BCUT2D eigenvalue weighted by molar-refractivity contribution is 6.03. The summed E-state index contributed by atoms with van der Waals surface area (Å²) in [5.74, 6) is -0.113. The molecule has 9 heteroatoms. The summed E-state index contributed by atoms with van der Waals surface area (Å²) in [4.78, 5) is 31.0. The van der Waals surface area contributed by atoms with Crippen molar-refractivity contribution in [3.05, 3.63) is 88.9 Å². The molecule has 1 unspecified atom stereocenters. The van der Waals surface area contributed by atoms with Crippen molar-refractivity contribution in [1.29, 1.82) is 0 Å². The lowest BCUT2D eigenvalue weighted by molar-refractivity contribution is 0.0940. The van der Waals surface area contributed by atoms with Crippen molar-refractivity contribution >= 4 is 40.2 Å². The fraction of sp³-hybridized carbons (Fsp3) is 0.120. The topological polar surface area (TPSA) is 133 Å². The molecule has 0 radical (unpaired) electrons. The number of para-hydroxylation sites is 1. The molecular formula is C25H25N7O2. The number of rotatable bonds is 6. The third-order valence-electron chi connectivity index (χ3n) is 5.49. The highest BCUT2D eigenvalue weighted by Crippen LogP contribution is 2.27. The zero-order valence-electron chi connectivity index (χ0n) is 18.9. The highest BCUT2D eigenvalue weighted by atomic mass is 16.2. The minimum atomic E-state index is -0.568. The number of hydrogen-bond donors (Lipinski definition) is 3. The van der Waals surface area contributed by atoms with Gasteiger partial charge in [-0.2, -0.15) is 5.10 Å². The number of carbonyl (C=O) groups is 1. The molecule has 0 saturated carbocycles. The van der Waals surface area contributed by atoms with E-state index in [0.717, 1.165) is 0 Å². The SMILES string of the molecule is C=C/C=N\c1c(C(=O)NC(C)c2cc3cccc(N)c3c(=O)n2-c2ccccc2)c(N)nn1C. The second-order valence-electron chi connectivity index (χ2n) is 7.77. The number of nitrogen functional groups attached to an aromatic ring is 2. The van der Waals surface area contributed by atoms with Gasteiger partial charge in [-0.1, -0.05) is 43.0 Å². The van der Waals surface area contributed by atoms with Crippen LogP contribution in [0.3, 0.4) is 0 Å². The Morgan fingerprint density at radius 1 is 1.18 bits per heavy atom. The molecule has 0 aliphatic heterocycles. The van der Waals surface area contributed by atoms with Crippen LogP contribution < -0.4 is 22.3 Å². The van der Waals surface area contributed by atoms with Gasteiger partial charge >= 0.3 is 0 Å². The largest absolute Gasteiger partial charge is 0.398 e. The summed E-state index contributed by atoms with van der Waals surface area (Å²) in [5, 5.41) is 8.16. The van der Waals surface area contributed by atoms with E-state index in [1.165, 1.54) is 17.0 Å². The van der Waals surface area contributed by atoms with Crippen LogP contribution in [-0.4, -0.2) is 26.5 Å². The lowest BCUT2D eigenvalue weighted by Crippen LogP contribution is -2.32. The molecule has 0 aliphatic rings. The van der Waals surface area contributed by atoms with Gasteiger partial charge in [0.15, 0.2) is 11.6 Å². The Morgan fingerprint density at radius 2 is 1.91 bits per heavy atom.